The molecule has 0 radical (unpaired) electrons. The molecule has 0 atom stereocenters. The van der Waals surface area contributed by atoms with Crippen LogP contribution in [0.15, 0.2) is 48.8 Å². The van der Waals surface area contributed by atoms with Gasteiger partial charge >= 0.3 is 0 Å². The van der Waals surface area contributed by atoms with Gasteiger partial charge in [0, 0.05) is 30.4 Å². The number of nitrogens with zero attached hydrogens (tertiary/aromatic N) is 3. The Kier molecular flexibility index (Phi) is 6.07. The van der Waals surface area contributed by atoms with E-state index in [1.54, 1.807) is 6.20 Å². The fraction of sp³-hybridized carbons (Fsp3) is 0.500. The van der Waals surface area contributed by atoms with E-state index in [0.29, 0.717) is 12.0 Å². The number of aromatic nitrogens is 3. The SMILES string of the molecule is CC1(C)CC(C=C(c2ccc(F)nc2)c2ccc3c(cnn3C3CCOCC3)c2)CC(C)(C)O1. The molecule has 4 heterocycles. The smallest absolute Gasteiger partial charge is 0.212 e. The van der Waals surface area contributed by atoms with Gasteiger partial charge in [-0.2, -0.15) is 9.49 Å². The molecular weight excluding hydrogens is 429 g/mol. The molecule has 6 heteroatoms. The Hall–Kier alpha value is -2.57. The van der Waals surface area contributed by atoms with Gasteiger partial charge in [0.25, 0.3) is 0 Å². The van der Waals surface area contributed by atoms with Crippen LogP contribution in [0.25, 0.3) is 16.5 Å². The second-order valence-corrected chi connectivity index (χ2v) is 10.9. The molecule has 0 N–H and O–H groups in total. The fourth-order valence-electron chi connectivity index (χ4n) is 5.86. The van der Waals surface area contributed by atoms with Crippen molar-refractivity contribution < 1.29 is 13.9 Å². The van der Waals surface area contributed by atoms with Crippen LogP contribution in [0.3, 0.4) is 0 Å². The molecule has 2 aliphatic rings. The third kappa shape index (κ3) is 4.93. The molecule has 0 amide bonds. The van der Waals surface area contributed by atoms with Gasteiger partial charge in [0.1, 0.15) is 0 Å². The molecule has 0 saturated carbocycles. The highest BCUT2D eigenvalue weighted by Gasteiger charge is 2.38. The van der Waals surface area contributed by atoms with Gasteiger partial charge in [-0.05, 0) is 94.7 Å². The Morgan fingerprint density at radius 3 is 2.38 bits per heavy atom. The number of fused-ring (bicyclic) bond motifs is 1. The molecule has 0 aliphatic carbocycles. The van der Waals surface area contributed by atoms with Gasteiger partial charge in [-0.15, -0.1) is 0 Å². The lowest BCUT2D eigenvalue weighted by Crippen LogP contribution is -2.44. The largest absolute Gasteiger partial charge is 0.381 e. The van der Waals surface area contributed by atoms with Crippen molar-refractivity contribution in [3.63, 3.8) is 0 Å². The molecule has 0 unspecified atom stereocenters. The van der Waals surface area contributed by atoms with Crippen LogP contribution >= 0.6 is 0 Å². The maximum atomic E-state index is 13.6. The zero-order valence-electron chi connectivity index (χ0n) is 20.6. The van der Waals surface area contributed by atoms with Crippen molar-refractivity contribution in [1.29, 1.82) is 0 Å². The molecule has 2 fully saturated rings. The third-order valence-electron chi connectivity index (χ3n) is 6.94. The Bertz CT molecular complexity index is 1170. The van der Waals surface area contributed by atoms with E-state index in [-0.39, 0.29) is 11.2 Å². The first-order valence-corrected chi connectivity index (χ1v) is 12.3. The van der Waals surface area contributed by atoms with Crippen molar-refractivity contribution in [1.82, 2.24) is 14.8 Å². The molecule has 34 heavy (non-hydrogen) atoms. The summed E-state index contributed by atoms with van der Waals surface area (Å²) in [6.07, 6.45) is 9.75. The molecule has 5 nitrogen and oxygen atoms in total. The lowest BCUT2D eigenvalue weighted by Gasteiger charge is -2.45. The first-order valence-electron chi connectivity index (χ1n) is 12.3. The van der Waals surface area contributed by atoms with Crippen LogP contribution in [0.4, 0.5) is 4.39 Å². The highest BCUT2D eigenvalue weighted by atomic mass is 19.1. The average Bonchev–Trinajstić information content (AvgIpc) is 3.20. The Morgan fingerprint density at radius 1 is 1.00 bits per heavy atom. The summed E-state index contributed by atoms with van der Waals surface area (Å²) >= 11 is 0. The lowest BCUT2D eigenvalue weighted by atomic mass is 9.79. The number of halogens is 1. The molecule has 1 aromatic carbocycles. The van der Waals surface area contributed by atoms with Crippen LogP contribution in [0.2, 0.25) is 0 Å². The zero-order chi connectivity index (χ0) is 23.9. The van der Waals surface area contributed by atoms with Gasteiger partial charge in [-0.3, -0.25) is 4.68 Å². The summed E-state index contributed by atoms with van der Waals surface area (Å²) in [5.41, 5.74) is 3.81. The Balaban J connectivity index is 1.55. The number of ether oxygens (including phenoxy) is 2. The van der Waals surface area contributed by atoms with Gasteiger partial charge in [0.2, 0.25) is 5.95 Å². The topological polar surface area (TPSA) is 49.2 Å². The van der Waals surface area contributed by atoms with Gasteiger partial charge in [0.05, 0.1) is 29.0 Å². The lowest BCUT2D eigenvalue weighted by molar-refractivity contribution is -0.166. The summed E-state index contributed by atoms with van der Waals surface area (Å²) in [4.78, 5) is 3.94. The van der Waals surface area contributed by atoms with E-state index in [4.69, 9.17) is 14.6 Å². The van der Waals surface area contributed by atoms with Crippen LogP contribution in [0.1, 0.15) is 70.5 Å². The average molecular weight is 464 g/mol. The summed E-state index contributed by atoms with van der Waals surface area (Å²) in [6, 6.07) is 10.1. The first kappa shape index (κ1) is 23.2. The molecule has 2 aromatic heterocycles. The van der Waals surface area contributed by atoms with Gasteiger partial charge < -0.3 is 9.47 Å². The third-order valence-corrected chi connectivity index (χ3v) is 6.94. The molecule has 2 aliphatic heterocycles. The number of hydrogen-bond acceptors (Lipinski definition) is 4. The molecule has 5 rings (SSSR count). The minimum absolute atomic E-state index is 0.204. The summed E-state index contributed by atoms with van der Waals surface area (Å²) in [5, 5.41) is 5.83. The molecule has 0 spiro atoms. The summed E-state index contributed by atoms with van der Waals surface area (Å²) in [7, 11) is 0. The Morgan fingerprint density at radius 2 is 1.71 bits per heavy atom. The highest BCUT2D eigenvalue weighted by molar-refractivity contribution is 5.87. The zero-order valence-corrected chi connectivity index (χ0v) is 20.6. The monoisotopic (exact) mass is 463 g/mol. The fourth-order valence-corrected chi connectivity index (χ4v) is 5.86. The van der Waals surface area contributed by atoms with E-state index in [9.17, 15) is 4.39 Å². The Labute approximate surface area is 201 Å². The van der Waals surface area contributed by atoms with E-state index in [1.165, 1.54) is 6.07 Å². The van der Waals surface area contributed by atoms with Crippen LogP contribution in [0, 0.1) is 11.9 Å². The quantitative estimate of drug-likeness (QED) is 0.424. The van der Waals surface area contributed by atoms with Crippen LogP contribution in [-0.2, 0) is 9.47 Å². The minimum atomic E-state index is -0.468. The van der Waals surface area contributed by atoms with Crippen LogP contribution in [-0.4, -0.2) is 39.2 Å². The van der Waals surface area contributed by atoms with E-state index in [1.807, 2.05) is 12.3 Å². The molecular formula is C28H34FN3O2. The van der Waals surface area contributed by atoms with Crippen molar-refractivity contribution in [2.45, 2.75) is 70.6 Å². The predicted octanol–water partition coefficient (Wildman–Crippen LogP) is 6.34. The number of benzene rings is 1. The predicted molar refractivity (Wildman–Crippen MR) is 132 cm³/mol. The van der Waals surface area contributed by atoms with E-state index in [0.717, 1.165) is 66.5 Å². The number of hydrogen-bond donors (Lipinski definition) is 0. The maximum absolute atomic E-state index is 13.6. The van der Waals surface area contributed by atoms with Gasteiger partial charge in [0.15, 0.2) is 0 Å². The number of rotatable bonds is 4. The van der Waals surface area contributed by atoms with E-state index >= 15 is 0 Å². The molecule has 3 aromatic rings. The highest BCUT2D eigenvalue weighted by Crippen LogP contribution is 2.41. The second-order valence-electron chi connectivity index (χ2n) is 10.9. The molecule has 180 valence electrons. The van der Waals surface area contributed by atoms with E-state index in [2.05, 4.69) is 61.6 Å². The maximum Gasteiger partial charge on any atom is 0.212 e. The normalized spacial score (nSPS) is 21.7. The summed E-state index contributed by atoms with van der Waals surface area (Å²) < 4.78 is 27.6. The first-order chi connectivity index (χ1) is 16.2. The number of allylic oxidation sites excluding steroid dienone is 1. The van der Waals surface area contributed by atoms with Crippen molar-refractivity contribution in [3.8, 4) is 0 Å². The molecule has 2 saturated heterocycles. The van der Waals surface area contributed by atoms with Gasteiger partial charge in [-0.1, -0.05) is 12.1 Å². The van der Waals surface area contributed by atoms with Crippen molar-refractivity contribution in [2.24, 2.45) is 5.92 Å². The van der Waals surface area contributed by atoms with Crippen LogP contribution < -0.4 is 0 Å². The van der Waals surface area contributed by atoms with E-state index < -0.39 is 5.95 Å². The van der Waals surface area contributed by atoms with Crippen molar-refractivity contribution >= 4 is 16.5 Å². The van der Waals surface area contributed by atoms with Crippen molar-refractivity contribution in [3.05, 3.63) is 65.9 Å². The summed E-state index contributed by atoms with van der Waals surface area (Å²) in [5.74, 6) is -0.135. The summed E-state index contributed by atoms with van der Waals surface area (Å²) in [6.45, 7) is 10.2. The van der Waals surface area contributed by atoms with Gasteiger partial charge in [-0.25, -0.2) is 4.98 Å². The second kappa shape index (κ2) is 8.90. The standard InChI is InChI=1S/C28H34FN3O2/c1-27(2)15-19(16-28(3,4)34-27)13-24(21-6-8-26(29)30-17-21)20-5-7-25-22(14-20)18-31-32(25)23-9-11-33-12-10-23/h5-8,13-14,17-19,23H,9-12,15-16H2,1-4H3. The van der Waals surface area contributed by atoms with Crippen molar-refractivity contribution in [2.75, 3.05) is 13.2 Å². The minimum Gasteiger partial charge on any atom is -0.381 e. The van der Waals surface area contributed by atoms with Crippen LogP contribution in [0.5, 0.6) is 0 Å². The number of pyridine rings is 1. The molecule has 0 bridgehead atoms.